The Hall–Kier alpha value is -6.02. The Balaban J connectivity index is 1.10. The summed E-state index contributed by atoms with van der Waals surface area (Å²) in [7, 11) is 1.61. The second-order valence-corrected chi connectivity index (χ2v) is 12.2. The molecule has 0 radical (unpaired) electrons. The van der Waals surface area contributed by atoms with Crippen molar-refractivity contribution in [2.24, 2.45) is 5.92 Å². The molecule has 0 aliphatic carbocycles. The molecule has 2 aliphatic heterocycles. The number of halogens is 2. The lowest BCUT2D eigenvalue weighted by Crippen LogP contribution is -2.50. The van der Waals surface area contributed by atoms with Gasteiger partial charge < -0.3 is 24.8 Å². The molecule has 12 nitrogen and oxygen atoms in total. The molecule has 7 rings (SSSR count). The van der Waals surface area contributed by atoms with Crippen LogP contribution in [0.5, 0.6) is 23.1 Å². The maximum atomic E-state index is 15.6. The monoisotopic (exact) mass is 695 g/mol. The topological polar surface area (TPSA) is 132 Å². The van der Waals surface area contributed by atoms with Gasteiger partial charge in [-0.1, -0.05) is 24.3 Å². The van der Waals surface area contributed by atoms with Crippen LogP contribution in [0.25, 0.3) is 11.0 Å². The standard InChI is InChI=1S/C37H35F2N7O5/c1-49-28-9-2-23(3-10-28)21-45-34-33(35(44-45)50-22-24-12-16-40-17-13-24)32(15-18-41-34)51-31-11-8-27(20-30(31)39)43-37(48)46-36(47)29(14-19-42-46)25-4-6-26(38)7-5-25/h2-11,14-15,18-20,24,29,40,42H,12-13,16-17,21-22H2,1H3,(H,43,48). The summed E-state index contributed by atoms with van der Waals surface area (Å²) in [4.78, 5) is 30.7. The van der Waals surface area contributed by atoms with Crippen molar-refractivity contribution in [2.75, 3.05) is 32.1 Å². The van der Waals surface area contributed by atoms with Crippen molar-refractivity contribution in [3.8, 4) is 23.1 Å². The number of nitrogens with one attached hydrogen (secondary N) is 3. The highest BCUT2D eigenvalue weighted by Gasteiger charge is 2.31. The largest absolute Gasteiger partial charge is 0.497 e. The number of urea groups is 1. The number of hydrogen-bond acceptors (Lipinski definition) is 9. The van der Waals surface area contributed by atoms with Crippen LogP contribution >= 0.6 is 0 Å². The first-order valence-electron chi connectivity index (χ1n) is 16.5. The first-order chi connectivity index (χ1) is 24.9. The molecule has 51 heavy (non-hydrogen) atoms. The number of hydrogen-bond donors (Lipinski definition) is 3. The number of hydrazine groups is 1. The summed E-state index contributed by atoms with van der Waals surface area (Å²) >= 11 is 0. The lowest BCUT2D eigenvalue weighted by Gasteiger charge is -2.28. The molecule has 1 saturated heterocycles. The Morgan fingerprint density at radius 3 is 2.53 bits per heavy atom. The number of nitrogens with zero attached hydrogens (tertiary/aromatic N) is 4. The number of fused-ring (bicyclic) bond motifs is 1. The number of pyridine rings is 1. The number of carbonyl (C=O) groups excluding carboxylic acids is 2. The van der Waals surface area contributed by atoms with Crippen molar-refractivity contribution in [3.05, 3.63) is 114 Å². The van der Waals surface area contributed by atoms with Crippen molar-refractivity contribution in [3.63, 3.8) is 0 Å². The van der Waals surface area contributed by atoms with Gasteiger partial charge in [-0.15, -0.1) is 5.10 Å². The summed E-state index contributed by atoms with van der Waals surface area (Å²) in [6.07, 6.45) is 6.52. The van der Waals surface area contributed by atoms with Crippen molar-refractivity contribution < 1.29 is 32.6 Å². The zero-order valence-electron chi connectivity index (χ0n) is 27.6. The van der Waals surface area contributed by atoms with Gasteiger partial charge in [-0.2, -0.15) is 5.01 Å². The van der Waals surface area contributed by atoms with Gasteiger partial charge in [0.1, 0.15) is 22.7 Å². The maximum absolute atomic E-state index is 15.6. The third kappa shape index (κ3) is 7.45. The molecule has 3 aromatic carbocycles. The van der Waals surface area contributed by atoms with Crippen LogP contribution in [-0.2, 0) is 11.3 Å². The highest BCUT2D eigenvalue weighted by Crippen LogP contribution is 2.37. The van der Waals surface area contributed by atoms with E-state index in [2.05, 4.69) is 21.0 Å². The Labute approximate surface area is 292 Å². The third-order valence-corrected chi connectivity index (χ3v) is 8.78. The molecule has 2 aliphatic rings. The maximum Gasteiger partial charge on any atom is 0.347 e. The lowest BCUT2D eigenvalue weighted by molar-refractivity contribution is -0.131. The van der Waals surface area contributed by atoms with Crippen molar-refractivity contribution in [2.45, 2.75) is 25.3 Å². The number of amides is 3. The second kappa shape index (κ2) is 14.8. The van der Waals surface area contributed by atoms with Crippen LogP contribution in [0.1, 0.15) is 29.9 Å². The molecule has 5 aromatic rings. The van der Waals surface area contributed by atoms with Crippen molar-refractivity contribution in [1.29, 1.82) is 0 Å². The summed E-state index contributed by atoms with van der Waals surface area (Å²) in [5.41, 5.74) is 4.66. The number of carbonyl (C=O) groups is 2. The third-order valence-electron chi connectivity index (χ3n) is 8.78. The molecule has 0 bridgehead atoms. The fourth-order valence-corrected chi connectivity index (χ4v) is 6.02. The fourth-order valence-electron chi connectivity index (χ4n) is 6.02. The van der Waals surface area contributed by atoms with E-state index in [0.29, 0.717) is 47.3 Å². The van der Waals surface area contributed by atoms with E-state index < -0.39 is 29.5 Å². The number of piperidine rings is 1. The van der Waals surface area contributed by atoms with Crippen LogP contribution in [-0.4, -0.2) is 58.5 Å². The minimum Gasteiger partial charge on any atom is -0.497 e. The van der Waals surface area contributed by atoms with E-state index in [4.69, 9.17) is 19.3 Å². The predicted molar refractivity (Wildman–Crippen MR) is 184 cm³/mol. The van der Waals surface area contributed by atoms with E-state index >= 15 is 4.39 Å². The number of rotatable bonds is 10. The van der Waals surface area contributed by atoms with Gasteiger partial charge in [0.15, 0.2) is 17.2 Å². The van der Waals surface area contributed by atoms with E-state index in [9.17, 15) is 14.0 Å². The first kappa shape index (κ1) is 33.5. The van der Waals surface area contributed by atoms with E-state index in [-0.39, 0.29) is 11.4 Å². The minimum absolute atomic E-state index is 0.0884. The summed E-state index contributed by atoms with van der Waals surface area (Å²) in [6.45, 7) is 2.70. The van der Waals surface area contributed by atoms with Gasteiger partial charge in [0.25, 0.3) is 5.91 Å². The molecule has 0 spiro atoms. The summed E-state index contributed by atoms with van der Waals surface area (Å²) in [6, 6.07) is 17.8. The summed E-state index contributed by atoms with van der Waals surface area (Å²) in [5.74, 6) is -1.000. The zero-order chi connectivity index (χ0) is 35.3. The predicted octanol–water partition coefficient (Wildman–Crippen LogP) is 6.11. The SMILES string of the molecule is COc1ccc(Cn2nc(OCC3CCNCC3)c3c(Oc4ccc(NC(=O)N5NC=CC(c6ccc(F)cc6)C5=O)cc4F)ccnc32)cc1. The molecule has 3 N–H and O–H groups in total. The quantitative estimate of drug-likeness (QED) is 0.158. The summed E-state index contributed by atoms with van der Waals surface area (Å²) < 4.78 is 48.4. The molecular weight excluding hydrogens is 660 g/mol. The van der Waals surface area contributed by atoms with Gasteiger partial charge in [0.2, 0.25) is 5.88 Å². The molecule has 1 unspecified atom stereocenters. The molecule has 262 valence electrons. The van der Waals surface area contributed by atoms with E-state index in [1.807, 2.05) is 24.3 Å². The van der Waals surface area contributed by atoms with Gasteiger partial charge in [-0.25, -0.2) is 23.2 Å². The fraction of sp³-hybridized carbons (Fsp3) is 0.243. The number of ether oxygens (including phenoxy) is 3. The Morgan fingerprint density at radius 1 is 1.00 bits per heavy atom. The smallest absolute Gasteiger partial charge is 0.347 e. The minimum atomic E-state index is -0.833. The lowest BCUT2D eigenvalue weighted by atomic mass is 9.97. The first-order valence-corrected chi connectivity index (χ1v) is 16.5. The van der Waals surface area contributed by atoms with Crippen LogP contribution in [0, 0.1) is 17.6 Å². The molecule has 4 heterocycles. The van der Waals surface area contributed by atoms with Crippen molar-refractivity contribution in [1.82, 2.24) is 30.5 Å². The molecule has 0 saturated carbocycles. The second-order valence-electron chi connectivity index (χ2n) is 12.2. The number of methoxy groups -OCH3 is 1. The number of imide groups is 1. The van der Waals surface area contributed by atoms with Crippen LogP contribution in [0.2, 0.25) is 0 Å². The number of anilines is 1. The average molecular weight is 696 g/mol. The zero-order valence-corrected chi connectivity index (χ0v) is 27.6. The number of benzene rings is 3. The van der Waals surface area contributed by atoms with Gasteiger partial charge in [0, 0.05) is 30.2 Å². The Kier molecular flexibility index (Phi) is 9.74. The molecule has 2 aromatic heterocycles. The number of aromatic nitrogens is 3. The van der Waals surface area contributed by atoms with Gasteiger partial charge >= 0.3 is 6.03 Å². The molecular formula is C37H35F2N7O5. The Morgan fingerprint density at radius 2 is 1.78 bits per heavy atom. The molecule has 1 fully saturated rings. The van der Waals surface area contributed by atoms with Gasteiger partial charge in [-0.3, -0.25) is 10.2 Å². The highest BCUT2D eigenvalue weighted by molar-refractivity contribution is 6.04. The molecule has 14 heteroatoms. The summed E-state index contributed by atoms with van der Waals surface area (Å²) in [5, 5.41) is 11.9. The molecule has 1 atom stereocenters. The average Bonchev–Trinajstić information content (AvgIpc) is 3.50. The molecule has 3 amide bonds. The van der Waals surface area contributed by atoms with Crippen LogP contribution in [0.3, 0.4) is 0 Å². The van der Waals surface area contributed by atoms with E-state index in [0.717, 1.165) is 48.3 Å². The van der Waals surface area contributed by atoms with E-state index in [1.54, 1.807) is 30.1 Å². The van der Waals surface area contributed by atoms with Crippen LogP contribution in [0.15, 0.2) is 91.3 Å². The van der Waals surface area contributed by atoms with Crippen LogP contribution < -0.4 is 30.3 Å². The van der Waals surface area contributed by atoms with Crippen molar-refractivity contribution >= 4 is 28.7 Å². The van der Waals surface area contributed by atoms with Gasteiger partial charge in [-0.05, 0) is 85.5 Å². The highest BCUT2D eigenvalue weighted by atomic mass is 19.1. The normalized spacial score (nSPS) is 16.2. The Bertz CT molecular complexity index is 2060. The van der Waals surface area contributed by atoms with Crippen LogP contribution in [0.4, 0.5) is 19.3 Å². The van der Waals surface area contributed by atoms with Gasteiger partial charge in [0.05, 0.1) is 26.2 Å². The van der Waals surface area contributed by atoms with E-state index in [1.165, 1.54) is 42.6 Å².